The van der Waals surface area contributed by atoms with Gasteiger partial charge in [-0.15, -0.1) is 0 Å². The molecular weight excluding hydrogens is 372 g/mol. The van der Waals surface area contributed by atoms with Gasteiger partial charge in [0.25, 0.3) is 11.6 Å². The van der Waals surface area contributed by atoms with Crippen LogP contribution in [0.5, 0.6) is 5.75 Å². The Morgan fingerprint density at radius 2 is 1.69 bits per heavy atom. The summed E-state index contributed by atoms with van der Waals surface area (Å²) in [6, 6.07) is 9.29. The zero-order valence-corrected chi connectivity index (χ0v) is 16.1. The summed E-state index contributed by atoms with van der Waals surface area (Å²) in [5, 5.41) is 14.0. The molecule has 2 aromatic rings. The Balaban J connectivity index is 1.20. The molecule has 0 atom stereocenters. The summed E-state index contributed by atoms with van der Waals surface area (Å²) in [5.41, 5.74) is -0.0346. The molecule has 7 nitrogen and oxygen atoms in total. The summed E-state index contributed by atoms with van der Waals surface area (Å²) >= 11 is 0. The molecule has 29 heavy (non-hydrogen) atoms. The van der Waals surface area contributed by atoms with E-state index in [-0.39, 0.29) is 23.7 Å². The largest absolute Gasteiger partial charge is 0.486 e. The van der Waals surface area contributed by atoms with Crippen molar-refractivity contribution in [2.75, 3.05) is 0 Å². The van der Waals surface area contributed by atoms with Gasteiger partial charge >= 0.3 is 0 Å². The van der Waals surface area contributed by atoms with E-state index in [1.807, 2.05) is 0 Å². The number of nitro benzene ring substituents is 1. The van der Waals surface area contributed by atoms with Crippen LogP contribution in [0.25, 0.3) is 0 Å². The molecule has 1 amide bonds. The number of carbonyl (C=O) groups is 1. The maximum absolute atomic E-state index is 12.8. The highest BCUT2D eigenvalue weighted by Gasteiger charge is 2.51. The van der Waals surface area contributed by atoms with E-state index in [0.717, 1.165) is 37.0 Å². The Kier molecular flexibility index (Phi) is 4.33. The van der Waals surface area contributed by atoms with Crippen LogP contribution < -0.4 is 10.1 Å². The van der Waals surface area contributed by atoms with E-state index in [1.165, 1.54) is 31.4 Å². The summed E-state index contributed by atoms with van der Waals surface area (Å²) < 4.78 is 11.3. The normalized spacial score (nSPS) is 29.6. The SMILES string of the molecule is O=C(NC12CC3CC(CC(C3)C1)C2)c1ccc(COc2ccc([N+](=O)[O-])cc2)o1. The number of hydrogen-bond donors (Lipinski definition) is 1. The second-order valence-corrected chi connectivity index (χ2v) is 8.96. The van der Waals surface area contributed by atoms with Crippen molar-refractivity contribution in [1.29, 1.82) is 0 Å². The zero-order chi connectivity index (χ0) is 20.0. The molecule has 0 spiro atoms. The molecule has 4 bridgehead atoms. The number of nitro groups is 1. The lowest BCUT2D eigenvalue weighted by atomic mass is 9.53. The molecule has 1 N–H and O–H groups in total. The van der Waals surface area contributed by atoms with Gasteiger partial charge in [-0.3, -0.25) is 14.9 Å². The predicted octanol–water partition coefficient (Wildman–Crippen LogP) is 4.47. The molecule has 4 aliphatic rings. The predicted molar refractivity (Wildman–Crippen MR) is 105 cm³/mol. The van der Waals surface area contributed by atoms with E-state index in [0.29, 0.717) is 17.3 Å². The van der Waals surface area contributed by atoms with Crippen LogP contribution >= 0.6 is 0 Å². The van der Waals surface area contributed by atoms with Crippen LogP contribution in [0.2, 0.25) is 0 Å². The van der Waals surface area contributed by atoms with Crippen LogP contribution in [0.4, 0.5) is 5.69 Å². The van der Waals surface area contributed by atoms with Crippen molar-refractivity contribution >= 4 is 11.6 Å². The smallest absolute Gasteiger partial charge is 0.287 e. The third-order valence-electron chi connectivity index (χ3n) is 6.73. The van der Waals surface area contributed by atoms with Crippen LogP contribution in [0.3, 0.4) is 0 Å². The third kappa shape index (κ3) is 3.61. The first-order valence-electron chi connectivity index (χ1n) is 10.3. The van der Waals surface area contributed by atoms with E-state index in [2.05, 4.69) is 5.32 Å². The second kappa shape index (κ2) is 6.90. The summed E-state index contributed by atoms with van der Waals surface area (Å²) in [5.74, 6) is 3.51. The molecule has 4 aliphatic carbocycles. The van der Waals surface area contributed by atoms with Crippen molar-refractivity contribution in [3.8, 4) is 5.75 Å². The molecule has 0 saturated heterocycles. The van der Waals surface area contributed by atoms with Crippen LogP contribution in [-0.4, -0.2) is 16.4 Å². The molecule has 1 aromatic heterocycles. The number of benzene rings is 1. The fraction of sp³-hybridized carbons (Fsp3) is 0.500. The topological polar surface area (TPSA) is 94.6 Å². The number of amides is 1. The molecule has 0 aliphatic heterocycles. The lowest BCUT2D eigenvalue weighted by Gasteiger charge is -2.56. The molecule has 6 rings (SSSR count). The number of nitrogens with zero attached hydrogens (tertiary/aromatic N) is 1. The number of nitrogens with one attached hydrogen (secondary N) is 1. The Labute approximate surface area is 168 Å². The van der Waals surface area contributed by atoms with Crippen molar-refractivity contribution in [1.82, 2.24) is 5.32 Å². The summed E-state index contributed by atoms with van der Waals surface area (Å²) in [4.78, 5) is 23.1. The molecule has 1 heterocycles. The van der Waals surface area contributed by atoms with Crippen LogP contribution in [0.1, 0.15) is 54.8 Å². The summed E-state index contributed by atoms with van der Waals surface area (Å²) in [7, 11) is 0. The number of furan rings is 1. The maximum Gasteiger partial charge on any atom is 0.287 e. The van der Waals surface area contributed by atoms with Gasteiger partial charge in [-0.2, -0.15) is 0 Å². The first kappa shape index (κ1) is 18.2. The maximum atomic E-state index is 12.8. The third-order valence-corrected chi connectivity index (χ3v) is 6.73. The molecule has 1 aromatic carbocycles. The first-order chi connectivity index (χ1) is 14.0. The number of hydrogen-bond acceptors (Lipinski definition) is 5. The Morgan fingerprint density at radius 3 is 2.28 bits per heavy atom. The number of non-ortho nitro benzene ring substituents is 1. The molecule has 0 radical (unpaired) electrons. The Bertz CT molecular complexity index is 898. The lowest BCUT2D eigenvalue weighted by molar-refractivity contribution is -0.384. The van der Waals surface area contributed by atoms with E-state index >= 15 is 0 Å². The van der Waals surface area contributed by atoms with Crippen molar-refractivity contribution < 1.29 is 18.9 Å². The highest BCUT2D eigenvalue weighted by molar-refractivity contribution is 5.92. The Hall–Kier alpha value is -2.83. The van der Waals surface area contributed by atoms with Gasteiger partial charge in [-0.25, -0.2) is 0 Å². The fourth-order valence-electron chi connectivity index (χ4n) is 5.96. The zero-order valence-electron chi connectivity index (χ0n) is 16.1. The minimum atomic E-state index is -0.453. The fourth-order valence-corrected chi connectivity index (χ4v) is 5.96. The standard InChI is InChI=1S/C22H24N2O5/c25-21(23-22-10-14-7-15(11-22)9-16(8-14)12-22)20-6-5-19(29-20)13-28-18-3-1-17(2-4-18)24(26)27/h1-6,14-16H,7-13H2,(H,23,25). The first-order valence-corrected chi connectivity index (χ1v) is 10.3. The molecule has 4 fully saturated rings. The van der Waals surface area contributed by atoms with Gasteiger partial charge in [0.15, 0.2) is 5.76 Å². The van der Waals surface area contributed by atoms with E-state index < -0.39 is 4.92 Å². The highest BCUT2D eigenvalue weighted by Crippen LogP contribution is 2.55. The highest BCUT2D eigenvalue weighted by atomic mass is 16.6. The molecule has 0 unspecified atom stereocenters. The molecule has 7 heteroatoms. The van der Waals surface area contributed by atoms with Gasteiger partial charge in [0.05, 0.1) is 4.92 Å². The van der Waals surface area contributed by atoms with E-state index in [9.17, 15) is 14.9 Å². The molecular formula is C22H24N2O5. The van der Waals surface area contributed by atoms with Crippen LogP contribution in [-0.2, 0) is 6.61 Å². The second-order valence-electron chi connectivity index (χ2n) is 8.96. The van der Waals surface area contributed by atoms with Crippen molar-refractivity contribution in [2.45, 2.75) is 50.7 Å². The van der Waals surface area contributed by atoms with Crippen molar-refractivity contribution in [2.24, 2.45) is 17.8 Å². The average molecular weight is 396 g/mol. The van der Waals surface area contributed by atoms with E-state index in [1.54, 1.807) is 24.3 Å². The van der Waals surface area contributed by atoms with Gasteiger partial charge in [0, 0.05) is 17.7 Å². The molecule has 4 saturated carbocycles. The van der Waals surface area contributed by atoms with E-state index in [4.69, 9.17) is 9.15 Å². The summed E-state index contributed by atoms with van der Waals surface area (Å²) in [6.07, 6.45) is 7.30. The van der Waals surface area contributed by atoms with Crippen LogP contribution in [0.15, 0.2) is 40.8 Å². The monoisotopic (exact) mass is 396 g/mol. The minimum Gasteiger partial charge on any atom is -0.486 e. The molecule has 152 valence electrons. The summed E-state index contributed by atoms with van der Waals surface area (Å²) in [6.45, 7) is 0.155. The quantitative estimate of drug-likeness (QED) is 0.574. The van der Waals surface area contributed by atoms with Gasteiger partial charge in [-0.1, -0.05) is 0 Å². The van der Waals surface area contributed by atoms with Gasteiger partial charge in [0.1, 0.15) is 18.1 Å². The minimum absolute atomic E-state index is 0.0129. The van der Waals surface area contributed by atoms with Gasteiger partial charge in [-0.05, 0) is 80.5 Å². The average Bonchev–Trinajstić information content (AvgIpc) is 3.14. The number of ether oxygens (including phenoxy) is 1. The number of carbonyl (C=O) groups excluding carboxylic acids is 1. The Morgan fingerprint density at radius 1 is 1.07 bits per heavy atom. The van der Waals surface area contributed by atoms with Gasteiger partial charge < -0.3 is 14.5 Å². The van der Waals surface area contributed by atoms with Crippen molar-refractivity contribution in [3.63, 3.8) is 0 Å². The van der Waals surface area contributed by atoms with Gasteiger partial charge in [0.2, 0.25) is 0 Å². The van der Waals surface area contributed by atoms with Crippen molar-refractivity contribution in [3.05, 3.63) is 58.0 Å². The number of rotatable bonds is 6. The lowest BCUT2D eigenvalue weighted by Crippen LogP contribution is -2.59. The van der Waals surface area contributed by atoms with Crippen LogP contribution in [0, 0.1) is 27.9 Å².